The van der Waals surface area contributed by atoms with E-state index in [1.165, 1.54) is 10.9 Å². The number of halogens is 4. The zero-order valence-electron chi connectivity index (χ0n) is 13.6. The van der Waals surface area contributed by atoms with Crippen LogP contribution < -0.4 is 5.32 Å². The van der Waals surface area contributed by atoms with Crippen LogP contribution in [0.1, 0.15) is 16.8 Å². The molecule has 136 valence electrons. The summed E-state index contributed by atoms with van der Waals surface area (Å²) >= 11 is 6.41. The van der Waals surface area contributed by atoms with E-state index in [-0.39, 0.29) is 5.69 Å². The summed E-state index contributed by atoms with van der Waals surface area (Å²) in [5.74, 6) is 0.299. The summed E-state index contributed by atoms with van der Waals surface area (Å²) < 4.78 is 46.5. The van der Waals surface area contributed by atoms with Gasteiger partial charge in [-0.1, -0.05) is 17.7 Å². The zero-order valence-corrected chi connectivity index (χ0v) is 14.4. The monoisotopic (exact) mass is 381 g/mol. The second-order valence-electron chi connectivity index (χ2n) is 6.09. The summed E-state index contributed by atoms with van der Waals surface area (Å²) in [5.41, 5.74) is 1.69. The summed E-state index contributed by atoms with van der Waals surface area (Å²) in [6.07, 6.45) is -1.71. The Bertz CT molecular complexity index is 932. The second-order valence-corrected chi connectivity index (χ2v) is 6.49. The van der Waals surface area contributed by atoms with Crippen LogP contribution in [-0.2, 0) is 19.0 Å². The number of nitrogens with zero attached hydrogens (tertiary/aromatic N) is 2. The van der Waals surface area contributed by atoms with Gasteiger partial charge in [-0.3, -0.25) is 0 Å². The van der Waals surface area contributed by atoms with Crippen molar-refractivity contribution in [3.63, 3.8) is 0 Å². The third kappa shape index (κ3) is 3.01. The summed E-state index contributed by atoms with van der Waals surface area (Å²) in [4.78, 5) is 0. The largest absolute Gasteiger partial charge is 0.463 e. The number of alkyl halides is 3. The van der Waals surface area contributed by atoms with Crippen LogP contribution in [0.5, 0.6) is 0 Å². The Morgan fingerprint density at radius 2 is 1.96 bits per heavy atom. The van der Waals surface area contributed by atoms with Crippen LogP contribution in [0.4, 0.5) is 13.2 Å². The Labute approximate surface area is 152 Å². The van der Waals surface area contributed by atoms with Gasteiger partial charge in [0.2, 0.25) is 0 Å². The zero-order chi connectivity index (χ0) is 18.3. The predicted molar refractivity (Wildman–Crippen MR) is 91.6 cm³/mol. The van der Waals surface area contributed by atoms with E-state index in [1.807, 2.05) is 6.07 Å². The number of hydrogen-bond donors (Lipinski definition) is 1. The molecule has 0 saturated carbocycles. The van der Waals surface area contributed by atoms with E-state index < -0.39 is 11.9 Å². The van der Waals surface area contributed by atoms with E-state index in [1.54, 1.807) is 18.2 Å². The summed E-state index contributed by atoms with van der Waals surface area (Å²) in [5, 5.41) is 7.48. The van der Waals surface area contributed by atoms with E-state index in [0.29, 0.717) is 22.9 Å². The molecule has 0 fully saturated rings. The molecule has 0 amide bonds. The Morgan fingerprint density at radius 1 is 1.15 bits per heavy atom. The molecule has 1 aliphatic heterocycles. The normalized spacial score (nSPS) is 14.9. The molecular formula is C18H15ClF3N3O. The maximum Gasteiger partial charge on any atom is 0.435 e. The van der Waals surface area contributed by atoms with Crippen molar-refractivity contribution >= 4 is 11.6 Å². The highest BCUT2D eigenvalue weighted by Crippen LogP contribution is 2.37. The van der Waals surface area contributed by atoms with Gasteiger partial charge >= 0.3 is 6.18 Å². The maximum atomic E-state index is 13.3. The molecule has 1 aliphatic rings. The number of furan rings is 1. The fourth-order valence-electron chi connectivity index (χ4n) is 3.24. The van der Waals surface area contributed by atoms with Gasteiger partial charge in [-0.05, 0) is 55.3 Å². The third-order valence-electron chi connectivity index (χ3n) is 4.44. The predicted octanol–water partition coefficient (Wildman–Crippen LogP) is 4.49. The molecule has 4 nitrogen and oxygen atoms in total. The van der Waals surface area contributed by atoms with E-state index in [2.05, 4.69) is 10.4 Å². The Morgan fingerprint density at radius 3 is 2.69 bits per heavy atom. The molecular weight excluding hydrogens is 367 g/mol. The third-order valence-corrected chi connectivity index (χ3v) is 4.74. The van der Waals surface area contributed by atoms with Crippen molar-refractivity contribution in [1.82, 2.24) is 15.1 Å². The average molecular weight is 382 g/mol. The van der Waals surface area contributed by atoms with Crippen LogP contribution in [0.25, 0.3) is 17.1 Å². The molecule has 0 spiro atoms. The first-order valence-corrected chi connectivity index (χ1v) is 8.55. The second kappa shape index (κ2) is 6.48. The minimum Gasteiger partial charge on any atom is -0.463 e. The molecule has 2 aromatic heterocycles. The number of nitrogens with one attached hydrogen (secondary N) is 1. The van der Waals surface area contributed by atoms with Crippen LogP contribution in [0.15, 0.2) is 41.0 Å². The van der Waals surface area contributed by atoms with Crippen LogP contribution >= 0.6 is 11.6 Å². The van der Waals surface area contributed by atoms with Crippen molar-refractivity contribution in [2.45, 2.75) is 19.0 Å². The minimum absolute atomic E-state index is 0.217. The van der Waals surface area contributed by atoms with Crippen molar-refractivity contribution in [2.75, 3.05) is 13.1 Å². The minimum atomic E-state index is -4.56. The number of hydrogen-bond acceptors (Lipinski definition) is 3. The van der Waals surface area contributed by atoms with Crippen molar-refractivity contribution in [2.24, 2.45) is 0 Å². The molecule has 1 aromatic carbocycles. The number of fused-ring (bicyclic) bond motifs is 1. The molecule has 0 atom stereocenters. The topological polar surface area (TPSA) is 43.0 Å². The summed E-state index contributed by atoms with van der Waals surface area (Å²) in [7, 11) is 0. The van der Waals surface area contributed by atoms with Gasteiger partial charge in [0, 0.05) is 6.07 Å². The Balaban J connectivity index is 1.98. The van der Waals surface area contributed by atoms with Gasteiger partial charge < -0.3 is 9.73 Å². The highest BCUT2D eigenvalue weighted by atomic mass is 35.5. The molecule has 3 aromatic rings. The Kier molecular flexibility index (Phi) is 4.28. The first-order chi connectivity index (χ1) is 12.4. The first-order valence-electron chi connectivity index (χ1n) is 8.17. The van der Waals surface area contributed by atoms with E-state index in [4.69, 9.17) is 16.0 Å². The molecule has 0 aliphatic carbocycles. The molecule has 26 heavy (non-hydrogen) atoms. The molecule has 3 heterocycles. The van der Waals surface area contributed by atoms with Gasteiger partial charge in [0.15, 0.2) is 11.5 Å². The summed E-state index contributed by atoms with van der Waals surface area (Å²) in [6.45, 7) is 1.54. The SMILES string of the molecule is FC(F)(F)c1cc(-c2ccco2)n(-c2c(Cl)ccc3c2CCNCC3)n1. The van der Waals surface area contributed by atoms with Gasteiger partial charge in [-0.25, -0.2) is 4.68 Å². The van der Waals surface area contributed by atoms with E-state index in [0.717, 1.165) is 36.7 Å². The van der Waals surface area contributed by atoms with Gasteiger partial charge in [0.1, 0.15) is 5.69 Å². The van der Waals surface area contributed by atoms with Crippen LogP contribution in [0.2, 0.25) is 5.02 Å². The van der Waals surface area contributed by atoms with Crippen molar-refractivity contribution in [1.29, 1.82) is 0 Å². The molecule has 1 N–H and O–H groups in total. The first kappa shape index (κ1) is 17.2. The number of rotatable bonds is 2. The lowest BCUT2D eigenvalue weighted by molar-refractivity contribution is -0.141. The molecule has 0 bridgehead atoms. The standard InChI is InChI=1S/C18H15ClF3N3O/c19-13-4-3-11-5-7-23-8-6-12(11)17(13)25-14(15-2-1-9-26-15)10-16(24-25)18(20,21)22/h1-4,9-10,23H,5-8H2. The lowest BCUT2D eigenvalue weighted by Gasteiger charge is -2.16. The number of benzene rings is 1. The molecule has 0 saturated heterocycles. The van der Waals surface area contributed by atoms with Gasteiger partial charge in [0.05, 0.1) is 17.0 Å². The van der Waals surface area contributed by atoms with Crippen molar-refractivity contribution < 1.29 is 17.6 Å². The van der Waals surface area contributed by atoms with E-state index >= 15 is 0 Å². The maximum absolute atomic E-state index is 13.3. The highest BCUT2D eigenvalue weighted by Gasteiger charge is 2.36. The van der Waals surface area contributed by atoms with E-state index in [9.17, 15) is 13.2 Å². The quantitative estimate of drug-likeness (QED) is 0.711. The van der Waals surface area contributed by atoms with Crippen LogP contribution in [0.3, 0.4) is 0 Å². The van der Waals surface area contributed by atoms with Gasteiger partial charge in [-0.15, -0.1) is 0 Å². The Hall–Kier alpha value is -2.25. The molecule has 0 unspecified atom stereocenters. The van der Waals surface area contributed by atoms with Crippen LogP contribution in [-0.4, -0.2) is 22.9 Å². The van der Waals surface area contributed by atoms with Crippen molar-refractivity contribution in [3.8, 4) is 17.1 Å². The molecule has 4 rings (SSSR count). The van der Waals surface area contributed by atoms with Crippen molar-refractivity contribution in [3.05, 3.63) is 58.4 Å². The smallest absolute Gasteiger partial charge is 0.435 e. The fourth-order valence-corrected chi connectivity index (χ4v) is 3.50. The summed E-state index contributed by atoms with van der Waals surface area (Å²) in [6, 6.07) is 7.85. The molecule has 0 radical (unpaired) electrons. The highest BCUT2D eigenvalue weighted by molar-refractivity contribution is 6.32. The van der Waals surface area contributed by atoms with Gasteiger partial charge in [0.25, 0.3) is 0 Å². The van der Waals surface area contributed by atoms with Gasteiger partial charge in [-0.2, -0.15) is 18.3 Å². The fraction of sp³-hybridized carbons (Fsp3) is 0.278. The number of aromatic nitrogens is 2. The average Bonchev–Trinajstić information content (AvgIpc) is 3.19. The molecule has 8 heteroatoms. The lowest BCUT2D eigenvalue weighted by atomic mass is 10.0. The van der Waals surface area contributed by atoms with Crippen LogP contribution in [0, 0.1) is 0 Å². The lowest BCUT2D eigenvalue weighted by Crippen LogP contribution is -2.16.